The third kappa shape index (κ3) is 4.29. The molecule has 1 aromatic heterocycles. The first-order chi connectivity index (χ1) is 12.0. The van der Waals surface area contributed by atoms with Gasteiger partial charge in [-0.1, -0.05) is 41.4 Å². The van der Waals surface area contributed by atoms with Crippen LogP contribution in [0.5, 0.6) is 0 Å². The van der Waals surface area contributed by atoms with Crippen molar-refractivity contribution in [2.75, 3.05) is 10.6 Å². The number of benzene rings is 2. The Hall–Kier alpha value is -2.56. The molecule has 0 fully saturated rings. The standard InChI is InChI=1S/C19H15Cl2N3O/c1-12-4-2-5-14(8-12)23-15-9-13(10-22-11-15)19(25)24-18-16(20)6-3-7-17(18)21/h2-11,23H,1H3,(H,24,25). The number of amides is 1. The average molecular weight is 372 g/mol. The fourth-order valence-electron chi connectivity index (χ4n) is 2.32. The third-order valence-corrected chi connectivity index (χ3v) is 4.14. The molecule has 25 heavy (non-hydrogen) atoms. The normalized spacial score (nSPS) is 10.4. The minimum Gasteiger partial charge on any atom is -0.354 e. The monoisotopic (exact) mass is 371 g/mol. The van der Waals surface area contributed by atoms with Gasteiger partial charge in [-0.05, 0) is 42.8 Å². The molecule has 0 radical (unpaired) electrons. The summed E-state index contributed by atoms with van der Waals surface area (Å²) in [7, 11) is 0. The van der Waals surface area contributed by atoms with Crippen molar-refractivity contribution in [2.45, 2.75) is 6.92 Å². The van der Waals surface area contributed by atoms with E-state index >= 15 is 0 Å². The van der Waals surface area contributed by atoms with Gasteiger partial charge in [0.2, 0.25) is 0 Å². The molecular weight excluding hydrogens is 357 g/mol. The number of nitrogens with zero attached hydrogens (tertiary/aromatic N) is 1. The van der Waals surface area contributed by atoms with Crippen LogP contribution in [0.25, 0.3) is 0 Å². The van der Waals surface area contributed by atoms with Gasteiger partial charge >= 0.3 is 0 Å². The van der Waals surface area contributed by atoms with Gasteiger partial charge in [-0.15, -0.1) is 0 Å². The number of hydrogen-bond acceptors (Lipinski definition) is 3. The maximum absolute atomic E-state index is 12.5. The predicted octanol–water partition coefficient (Wildman–Crippen LogP) is 5.69. The van der Waals surface area contributed by atoms with E-state index in [-0.39, 0.29) is 5.91 Å². The van der Waals surface area contributed by atoms with Crippen LogP contribution in [0.1, 0.15) is 15.9 Å². The molecule has 2 N–H and O–H groups in total. The Kier molecular flexibility index (Phi) is 5.22. The second kappa shape index (κ2) is 7.55. The molecule has 0 saturated heterocycles. The minimum absolute atomic E-state index is 0.338. The molecular formula is C19H15Cl2N3O. The maximum Gasteiger partial charge on any atom is 0.257 e. The molecule has 2 aromatic carbocycles. The lowest BCUT2D eigenvalue weighted by Gasteiger charge is -2.11. The van der Waals surface area contributed by atoms with Gasteiger partial charge in [0.15, 0.2) is 0 Å². The highest BCUT2D eigenvalue weighted by Gasteiger charge is 2.12. The highest BCUT2D eigenvalue weighted by molar-refractivity contribution is 6.40. The molecule has 1 amide bonds. The third-order valence-electron chi connectivity index (χ3n) is 3.51. The van der Waals surface area contributed by atoms with Crippen molar-refractivity contribution in [2.24, 2.45) is 0 Å². The van der Waals surface area contributed by atoms with Gasteiger partial charge in [0.1, 0.15) is 0 Å². The van der Waals surface area contributed by atoms with Gasteiger partial charge in [-0.2, -0.15) is 0 Å². The first-order valence-corrected chi connectivity index (χ1v) is 8.32. The van der Waals surface area contributed by atoms with Crippen molar-refractivity contribution in [3.8, 4) is 0 Å². The van der Waals surface area contributed by atoms with Crippen LogP contribution in [0.3, 0.4) is 0 Å². The number of aromatic nitrogens is 1. The number of anilines is 3. The van der Waals surface area contributed by atoms with Crippen molar-refractivity contribution in [1.82, 2.24) is 4.98 Å². The summed E-state index contributed by atoms with van der Waals surface area (Å²) in [6.45, 7) is 2.01. The Balaban J connectivity index is 1.80. The van der Waals surface area contributed by atoms with E-state index in [0.717, 1.165) is 11.3 Å². The number of carbonyl (C=O) groups excluding carboxylic acids is 1. The summed E-state index contributed by atoms with van der Waals surface area (Å²) in [4.78, 5) is 16.6. The van der Waals surface area contributed by atoms with Crippen LogP contribution in [0.4, 0.5) is 17.1 Å². The summed E-state index contributed by atoms with van der Waals surface area (Å²) in [5.74, 6) is -0.338. The van der Waals surface area contributed by atoms with E-state index in [2.05, 4.69) is 15.6 Å². The first kappa shape index (κ1) is 17.3. The number of rotatable bonds is 4. The molecule has 0 unspecified atom stereocenters. The lowest BCUT2D eigenvalue weighted by molar-refractivity contribution is 0.102. The van der Waals surface area contributed by atoms with Gasteiger partial charge < -0.3 is 10.6 Å². The predicted molar refractivity (Wildman–Crippen MR) is 103 cm³/mol. The summed E-state index contributed by atoms with van der Waals surface area (Å²) in [6, 6.07) is 14.7. The number of aryl methyl sites for hydroxylation is 1. The first-order valence-electron chi connectivity index (χ1n) is 7.57. The van der Waals surface area contributed by atoms with Crippen LogP contribution in [-0.2, 0) is 0 Å². The van der Waals surface area contributed by atoms with Crippen molar-refractivity contribution < 1.29 is 4.79 Å². The number of halogens is 2. The molecule has 3 aromatic rings. The molecule has 6 heteroatoms. The van der Waals surface area contributed by atoms with Crippen LogP contribution >= 0.6 is 23.2 Å². The van der Waals surface area contributed by atoms with Crippen molar-refractivity contribution in [1.29, 1.82) is 0 Å². The number of hydrogen-bond donors (Lipinski definition) is 2. The Morgan fingerprint density at radius 3 is 2.40 bits per heavy atom. The van der Waals surface area contributed by atoms with Gasteiger partial charge in [0.25, 0.3) is 5.91 Å². The van der Waals surface area contributed by atoms with E-state index in [0.29, 0.717) is 27.0 Å². The van der Waals surface area contributed by atoms with Crippen LogP contribution in [-0.4, -0.2) is 10.9 Å². The van der Waals surface area contributed by atoms with E-state index in [4.69, 9.17) is 23.2 Å². The second-order valence-corrected chi connectivity index (χ2v) is 6.32. The number of pyridine rings is 1. The summed E-state index contributed by atoms with van der Waals surface area (Å²) in [5, 5.41) is 6.71. The van der Waals surface area contributed by atoms with E-state index < -0.39 is 0 Å². The molecule has 3 rings (SSSR count). The quantitative estimate of drug-likeness (QED) is 0.618. The van der Waals surface area contributed by atoms with Crippen molar-refractivity contribution in [3.63, 3.8) is 0 Å². The zero-order valence-electron chi connectivity index (χ0n) is 13.4. The zero-order valence-corrected chi connectivity index (χ0v) is 14.9. The summed E-state index contributed by atoms with van der Waals surface area (Å²) < 4.78 is 0. The molecule has 0 atom stereocenters. The van der Waals surface area contributed by atoms with Gasteiger partial charge in [-0.3, -0.25) is 9.78 Å². The van der Waals surface area contributed by atoms with E-state index in [1.54, 1.807) is 30.5 Å². The van der Waals surface area contributed by atoms with Gasteiger partial charge in [-0.25, -0.2) is 0 Å². The molecule has 126 valence electrons. The van der Waals surface area contributed by atoms with Crippen LogP contribution < -0.4 is 10.6 Å². The minimum atomic E-state index is -0.338. The zero-order chi connectivity index (χ0) is 17.8. The summed E-state index contributed by atoms with van der Waals surface area (Å²) in [5.41, 5.74) is 3.55. The molecule has 0 saturated carbocycles. The SMILES string of the molecule is Cc1cccc(Nc2cncc(C(=O)Nc3c(Cl)cccc3Cl)c2)c1. The van der Waals surface area contributed by atoms with E-state index in [1.807, 2.05) is 31.2 Å². The Morgan fingerprint density at radius 1 is 0.960 bits per heavy atom. The highest BCUT2D eigenvalue weighted by atomic mass is 35.5. The molecule has 0 aliphatic rings. The molecule has 0 aliphatic heterocycles. The van der Waals surface area contributed by atoms with Crippen LogP contribution in [0.2, 0.25) is 10.0 Å². The van der Waals surface area contributed by atoms with Gasteiger partial charge in [0.05, 0.1) is 33.2 Å². The number of carbonyl (C=O) groups is 1. The molecule has 1 heterocycles. The summed E-state index contributed by atoms with van der Waals surface area (Å²) in [6.07, 6.45) is 3.14. The Bertz CT molecular complexity index is 908. The second-order valence-electron chi connectivity index (χ2n) is 5.51. The van der Waals surface area contributed by atoms with E-state index in [1.165, 1.54) is 6.20 Å². The van der Waals surface area contributed by atoms with Crippen LogP contribution in [0.15, 0.2) is 60.9 Å². The van der Waals surface area contributed by atoms with Crippen molar-refractivity contribution >= 4 is 46.2 Å². The topological polar surface area (TPSA) is 54.0 Å². The largest absolute Gasteiger partial charge is 0.354 e. The maximum atomic E-state index is 12.5. The Labute approximate surface area is 155 Å². The smallest absolute Gasteiger partial charge is 0.257 e. The fraction of sp³-hybridized carbons (Fsp3) is 0.0526. The lowest BCUT2D eigenvalue weighted by Crippen LogP contribution is -2.13. The molecule has 4 nitrogen and oxygen atoms in total. The lowest BCUT2D eigenvalue weighted by atomic mass is 10.2. The highest BCUT2D eigenvalue weighted by Crippen LogP contribution is 2.30. The van der Waals surface area contributed by atoms with Crippen molar-refractivity contribution in [3.05, 3.63) is 82.1 Å². The Morgan fingerprint density at radius 2 is 1.68 bits per heavy atom. The molecule has 0 aliphatic carbocycles. The van der Waals surface area contributed by atoms with Gasteiger partial charge in [0, 0.05) is 11.9 Å². The summed E-state index contributed by atoms with van der Waals surface area (Å²) >= 11 is 12.2. The van der Waals surface area contributed by atoms with Crippen LogP contribution in [0, 0.1) is 6.92 Å². The molecule has 0 bridgehead atoms. The molecule has 0 spiro atoms. The number of para-hydroxylation sites is 1. The average Bonchev–Trinajstić information content (AvgIpc) is 2.58. The number of nitrogens with one attached hydrogen (secondary N) is 2. The van der Waals surface area contributed by atoms with E-state index in [9.17, 15) is 4.79 Å². The fourth-order valence-corrected chi connectivity index (χ4v) is 2.82.